The molecule has 0 radical (unpaired) electrons. The Balaban J connectivity index is 3.13. The summed E-state index contributed by atoms with van der Waals surface area (Å²) in [4.78, 5) is 21.8. The number of aldehydes is 1. The molecule has 0 atom stereocenters. The number of ether oxygens (including phenoxy) is 2. The molecule has 0 aliphatic carbocycles. The van der Waals surface area contributed by atoms with Crippen LogP contribution >= 0.6 is 0 Å². The molecule has 0 saturated carbocycles. The van der Waals surface area contributed by atoms with Gasteiger partial charge in [-0.15, -0.1) is 13.2 Å². The number of hydrogen-bond acceptors (Lipinski definition) is 4. The Morgan fingerprint density at radius 2 is 2.00 bits per heavy atom. The van der Waals surface area contributed by atoms with E-state index in [1.165, 1.54) is 0 Å². The molecule has 0 N–H and O–H groups in total. The fourth-order valence-corrected chi connectivity index (χ4v) is 1.12. The maximum absolute atomic E-state index is 11.9. The Bertz CT molecular complexity index is 440. The second-order valence-corrected chi connectivity index (χ2v) is 2.91. The summed E-state index contributed by atoms with van der Waals surface area (Å²) < 4.78 is 43.7. The highest BCUT2D eigenvalue weighted by Gasteiger charge is 2.31. The lowest BCUT2D eigenvalue weighted by molar-refractivity contribution is -0.274. The highest BCUT2D eigenvalue weighted by atomic mass is 19.4. The van der Waals surface area contributed by atoms with E-state index in [2.05, 4.69) is 9.47 Å². The Morgan fingerprint density at radius 1 is 1.35 bits per heavy atom. The van der Waals surface area contributed by atoms with Crippen molar-refractivity contribution in [2.45, 2.75) is 6.36 Å². The number of alkyl halides is 3. The van der Waals surface area contributed by atoms with Crippen LogP contribution in [0.4, 0.5) is 13.2 Å². The van der Waals surface area contributed by atoms with Gasteiger partial charge in [0.25, 0.3) is 0 Å². The summed E-state index contributed by atoms with van der Waals surface area (Å²) in [6.07, 6.45) is -4.53. The molecule has 1 aromatic carbocycles. The first-order valence-corrected chi connectivity index (χ1v) is 4.30. The smallest absolute Gasteiger partial charge is 0.465 e. The Morgan fingerprint density at radius 3 is 2.47 bits per heavy atom. The summed E-state index contributed by atoms with van der Waals surface area (Å²) in [5.41, 5.74) is -0.365. The van der Waals surface area contributed by atoms with Crippen molar-refractivity contribution in [3.8, 4) is 5.75 Å². The van der Waals surface area contributed by atoms with Gasteiger partial charge in [-0.25, -0.2) is 4.79 Å². The van der Waals surface area contributed by atoms with E-state index in [1.54, 1.807) is 0 Å². The van der Waals surface area contributed by atoms with E-state index in [4.69, 9.17) is 0 Å². The standard InChI is InChI=1S/C10H7F3O4/c1-16-9(15)8-4-7(17-10(11,12)13)3-2-6(8)5-14/h2-5H,1H3. The molecule has 0 unspecified atom stereocenters. The van der Waals surface area contributed by atoms with Gasteiger partial charge in [-0.1, -0.05) is 0 Å². The molecule has 0 saturated heterocycles. The zero-order valence-electron chi connectivity index (χ0n) is 8.58. The predicted octanol–water partition coefficient (Wildman–Crippen LogP) is 2.18. The minimum Gasteiger partial charge on any atom is -0.465 e. The van der Waals surface area contributed by atoms with E-state index in [0.29, 0.717) is 6.29 Å². The molecular formula is C10H7F3O4. The number of esters is 1. The number of carbonyl (C=O) groups excluding carboxylic acids is 2. The number of methoxy groups -OCH3 is 1. The largest absolute Gasteiger partial charge is 0.573 e. The molecule has 4 nitrogen and oxygen atoms in total. The van der Waals surface area contributed by atoms with Crippen LogP contribution in [0, 0.1) is 0 Å². The normalized spacial score (nSPS) is 10.8. The fraction of sp³-hybridized carbons (Fsp3) is 0.200. The number of rotatable bonds is 3. The SMILES string of the molecule is COC(=O)c1cc(OC(F)(F)F)ccc1C=O. The van der Waals surface area contributed by atoms with Crippen LogP contribution in [0.2, 0.25) is 0 Å². The molecule has 92 valence electrons. The second-order valence-electron chi connectivity index (χ2n) is 2.91. The number of benzene rings is 1. The van der Waals surface area contributed by atoms with E-state index in [-0.39, 0.29) is 11.1 Å². The molecule has 0 aliphatic rings. The maximum Gasteiger partial charge on any atom is 0.573 e. The van der Waals surface area contributed by atoms with Crippen molar-refractivity contribution >= 4 is 12.3 Å². The molecule has 0 amide bonds. The molecule has 0 fully saturated rings. The average molecular weight is 248 g/mol. The van der Waals surface area contributed by atoms with Crippen molar-refractivity contribution in [1.82, 2.24) is 0 Å². The molecule has 7 heteroatoms. The van der Waals surface area contributed by atoms with E-state index in [1.807, 2.05) is 0 Å². The van der Waals surface area contributed by atoms with Gasteiger partial charge in [0.05, 0.1) is 12.7 Å². The van der Waals surface area contributed by atoms with Crippen LogP contribution in [0.15, 0.2) is 18.2 Å². The van der Waals surface area contributed by atoms with Crippen LogP contribution in [0.3, 0.4) is 0 Å². The Kier molecular flexibility index (Phi) is 3.72. The molecular weight excluding hydrogens is 241 g/mol. The Labute approximate surface area is 93.9 Å². The maximum atomic E-state index is 11.9. The van der Waals surface area contributed by atoms with Gasteiger partial charge < -0.3 is 9.47 Å². The summed E-state index contributed by atoms with van der Waals surface area (Å²) in [6, 6.07) is 2.77. The van der Waals surface area contributed by atoms with Gasteiger partial charge in [-0.3, -0.25) is 4.79 Å². The van der Waals surface area contributed by atoms with Gasteiger partial charge in [0.1, 0.15) is 5.75 Å². The topological polar surface area (TPSA) is 52.6 Å². The first-order chi connectivity index (χ1) is 7.87. The molecule has 1 rings (SSSR count). The van der Waals surface area contributed by atoms with Crippen molar-refractivity contribution in [3.05, 3.63) is 29.3 Å². The number of carbonyl (C=O) groups is 2. The third kappa shape index (κ3) is 3.47. The van der Waals surface area contributed by atoms with Gasteiger partial charge in [0.15, 0.2) is 6.29 Å². The van der Waals surface area contributed by atoms with E-state index >= 15 is 0 Å². The molecule has 17 heavy (non-hydrogen) atoms. The first kappa shape index (κ1) is 13.0. The minimum atomic E-state index is -4.86. The van der Waals surface area contributed by atoms with Gasteiger partial charge in [0.2, 0.25) is 0 Å². The lowest BCUT2D eigenvalue weighted by Crippen LogP contribution is -2.17. The highest BCUT2D eigenvalue weighted by molar-refractivity contribution is 5.98. The molecule has 1 aromatic rings. The molecule has 0 spiro atoms. The minimum absolute atomic E-state index is 0.0774. The van der Waals surface area contributed by atoms with Gasteiger partial charge in [-0.05, 0) is 18.2 Å². The van der Waals surface area contributed by atoms with Crippen molar-refractivity contribution in [1.29, 1.82) is 0 Å². The van der Waals surface area contributed by atoms with Crippen LogP contribution in [-0.4, -0.2) is 25.7 Å². The average Bonchev–Trinajstić information content (AvgIpc) is 2.25. The van der Waals surface area contributed by atoms with Crippen LogP contribution in [-0.2, 0) is 4.74 Å². The summed E-state index contributed by atoms with van der Waals surface area (Å²) in [5, 5.41) is 0. The van der Waals surface area contributed by atoms with Crippen LogP contribution in [0.1, 0.15) is 20.7 Å². The van der Waals surface area contributed by atoms with Gasteiger partial charge in [0, 0.05) is 5.56 Å². The molecule has 0 aliphatic heterocycles. The third-order valence-electron chi connectivity index (χ3n) is 1.79. The number of halogens is 3. The lowest BCUT2D eigenvalue weighted by Gasteiger charge is -2.10. The summed E-state index contributed by atoms with van der Waals surface area (Å²) in [6.45, 7) is 0. The van der Waals surface area contributed by atoms with Crippen molar-refractivity contribution in [3.63, 3.8) is 0 Å². The zero-order chi connectivity index (χ0) is 13.1. The van der Waals surface area contributed by atoms with E-state index in [0.717, 1.165) is 25.3 Å². The van der Waals surface area contributed by atoms with E-state index < -0.39 is 18.1 Å². The monoisotopic (exact) mass is 248 g/mol. The summed E-state index contributed by atoms with van der Waals surface area (Å²) >= 11 is 0. The predicted molar refractivity (Wildman–Crippen MR) is 49.9 cm³/mol. The van der Waals surface area contributed by atoms with Gasteiger partial charge in [-0.2, -0.15) is 0 Å². The molecule has 0 aromatic heterocycles. The van der Waals surface area contributed by atoms with E-state index in [9.17, 15) is 22.8 Å². The van der Waals surface area contributed by atoms with Crippen molar-refractivity contribution in [2.75, 3.05) is 7.11 Å². The van der Waals surface area contributed by atoms with Crippen LogP contribution in [0.25, 0.3) is 0 Å². The first-order valence-electron chi connectivity index (χ1n) is 4.30. The van der Waals surface area contributed by atoms with Crippen molar-refractivity contribution < 1.29 is 32.2 Å². The molecule has 0 heterocycles. The Hall–Kier alpha value is -2.05. The highest BCUT2D eigenvalue weighted by Crippen LogP contribution is 2.24. The lowest BCUT2D eigenvalue weighted by atomic mass is 10.1. The molecule has 0 bridgehead atoms. The van der Waals surface area contributed by atoms with Crippen LogP contribution in [0.5, 0.6) is 5.75 Å². The quantitative estimate of drug-likeness (QED) is 0.607. The second kappa shape index (κ2) is 4.86. The number of hydrogen-bond donors (Lipinski definition) is 0. The van der Waals surface area contributed by atoms with Gasteiger partial charge >= 0.3 is 12.3 Å². The van der Waals surface area contributed by atoms with Crippen LogP contribution < -0.4 is 4.74 Å². The fourth-order valence-electron chi connectivity index (χ4n) is 1.12. The zero-order valence-corrected chi connectivity index (χ0v) is 8.58. The van der Waals surface area contributed by atoms with Crippen molar-refractivity contribution in [2.24, 2.45) is 0 Å². The third-order valence-corrected chi connectivity index (χ3v) is 1.79. The summed E-state index contributed by atoms with van der Waals surface area (Å²) in [5.74, 6) is -1.51. The summed E-state index contributed by atoms with van der Waals surface area (Å²) in [7, 11) is 1.05.